The first-order valence-electron chi connectivity index (χ1n) is 16.7. The van der Waals surface area contributed by atoms with Crippen molar-refractivity contribution in [1.82, 2.24) is 0 Å². The van der Waals surface area contributed by atoms with E-state index in [-0.39, 0.29) is 46.5 Å². The number of carbonyl (C=O) groups excluding carboxylic acids is 1. The first kappa shape index (κ1) is 28.5. The molecular formula is C35H47BrO6. The third-order valence-electron chi connectivity index (χ3n) is 13.4. The summed E-state index contributed by atoms with van der Waals surface area (Å²) in [7, 11) is 0. The molecule has 1 aromatic carbocycles. The normalized spacial score (nSPS) is 49.6. The van der Waals surface area contributed by atoms with Gasteiger partial charge in [0, 0.05) is 10.9 Å². The topological polar surface area (TPSA) is 76.4 Å². The zero-order valence-corrected chi connectivity index (χ0v) is 27.4. The van der Waals surface area contributed by atoms with Crippen LogP contribution in [0.5, 0.6) is 0 Å². The predicted molar refractivity (Wildman–Crippen MR) is 161 cm³/mol. The minimum Gasteiger partial charge on any atom is -0.459 e. The lowest BCUT2D eigenvalue weighted by atomic mass is 9.57. The Balaban J connectivity index is 0.959. The fourth-order valence-corrected chi connectivity index (χ4v) is 10.7. The Morgan fingerprint density at radius 2 is 1.74 bits per heavy atom. The molecule has 0 aromatic heterocycles. The summed E-state index contributed by atoms with van der Waals surface area (Å²) in [6.07, 6.45) is 9.41. The van der Waals surface area contributed by atoms with Gasteiger partial charge in [0.1, 0.15) is 35.1 Å². The number of esters is 1. The molecule has 0 radical (unpaired) electrons. The third kappa shape index (κ3) is 4.12. The molecule has 1 aromatic rings. The lowest BCUT2D eigenvalue weighted by Crippen LogP contribution is -2.48. The van der Waals surface area contributed by atoms with Crippen molar-refractivity contribution in [3.8, 4) is 0 Å². The highest BCUT2D eigenvalue weighted by Crippen LogP contribution is 2.73. The Bertz CT molecular complexity index is 1250. The van der Waals surface area contributed by atoms with E-state index in [9.17, 15) is 4.79 Å². The SMILES string of the molecule is CC(C)[C@@H](C)[C@H]1O[C@@H]1[C@@H](C)[C@H]1CC[C@@H]2[C@]1(C)CCC[C@@]21O[C@@H]1[C@H]1O[C@]12C[C@@H](OC(=O)c1ccc(Br)cc1)CC[C@@]21CO1. The average Bonchev–Trinajstić information content (AvgIpc) is 3.80. The summed E-state index contributed by atoms with van der Waals surface area (Å²) in [5.41, 5.74) is 0.199. The lowest BCUT2D eigenvalue weighted by molar-refractivity contribution is -0.00943. The Labute approximate surface area is 259 Å². The largest absolute Gasteiger partial charge is 0.459 e. The number of rotatable bonds is 7. The second-order valence-electron chi connectivity index (χ2n) is 15.6. The van der Waals surface area contributed by atoms with E-state index >= 15 is 0 Å². The highest BCUT2D eigenvalue weighted by Gasteiger charge is 2.85. The first-order chi connectivity index (χ1) is 20.0. The molecule has 4 saturated heterocycles. The summed E-state index contributed by atoms with van der Waals surface area (Å²) in [6.45, 7) is 12.8. The molecular weight excluding hydrogens is 596 g/mol. The van der Waals surface area contributed by atoms with Gasteiger partial charge in [0.25, 0.3) is 0 Å². The van der Waals surface area contributed by atoms with Crippen molar-refractivity contribution in [3.05, 3.63) is 34.3 Å². The number of ether oxygens (including phenoxy) is 5. The Hall–Kier alpha value is -0.990. The van der Waals surface area contributed by atoms with Crippen LogP contribution in [0.15, 0.2) is 28.7 Å². The van der Waals surface area contributed by atoms with Gasteiger partial charge < -0.3 is 23.7 Å². The molecule has 0 amide bonds. The van der Waals surface area contributed by atoms with Gasteiger partial charge in [0.2, 0.25) is 0 Å². The maximum Gasteiger partial charge on any atom is 0.338 e. The number of epoxide rings is 4. The quantitative estimate of drug-likeness (QED) is 0.233. The van der Waals surface area contributed by atoms with Crippen molar-refractivity contribution in [2.45, 2.75) is 133 Å². The van der Waals surface area contributed by atoms with Crippen molar-refractivity contribution in [2.75, 3.05) is 6.61 Å². The van der Waals surface area contributed by atoms with E-state index in [0.717, 1.165) is 30.3 Å². The van der Waals surface area contributed by atoms with Crippen LogP contribution in [0.3, 0.4) is 0 Å². The van der Waals surface area contributed by atoms with E-state index in [1.807, 2.05) is 24.3 Å². The van der Waals surface area contributed by atoms with E-state index in [1.165, 1.54) is 25.7 Å². The van der Waals surface area contributed by atoms with Crippen LogP contribution in [-0.4, -0.2) is 59.9 Å². The molecule has 7 aliphatic rings. The van der Waals surface area contributed by atoms with Crippen molar-refractivity contribution in [1.29, 1.82) is 0 Å². The molecule has 0 N–H and O–H groups in total. The van der Waals surface area contributed by atoms with Crippen molar-refractivity contribution in [2.24, 2.45) is 35.0 Å². The molecule has 7 fully saturated rings. The molecule has 3 saturated carbocycles. The van der Waals surface area contributed by atoms with Gasteiger partial charge in [0.05, 0.1) is 24.4 Å². The molecule has 42 heavy (non-hydrogen) atoms. The van der Waals surface area contributed by atoms with Crippen LogP contribution in [0.25, 0.3) is 0 Å². The number of halogens is 1. The first-order valence-corrected chi connectivity index (χ1v) is 17.4. The van der Waals surface area contributed by atoms with Gasteiger partial charge in [-0.1, -0.05) is 50.5 Å². The summed E-state index contributed by atoms with van der Waals surface area (Å²) in [4.78, 5) is 12.9. The minimum atomic E-state index is -0.384. The smallest absolute Gasteiger partial charge is 0.338 e. The van der Waals surface area contributed by atoms with E-state index in [0.29, 0.717) is 53.8 Å². The molecule has 0 bridgehead atoms. The highest BCUT2D eigenvalue weighted by molar-refractivity contribution is 9.10. The van der Waals surface area contributed by atoms with Gasteiger partial charge in [-0.3, -0.25) is 0 Å². The second-order valence-corrected chi connectivity index (χ2v) is 16.5. The zero-order chi connectivity index (χ0) is 29.2. The number of hydrogen-bond donors (Lipinski definition) is 0. The van der Waals surface area contributed by atoms with Crippen molar-refractivity contribution in [3.63, 3.8) is 0 Å². The number of fused-ring (bicyclic) bond motifs is 3. The van der Waals surface area contributed by atoms with E-state index in [2.05, 4.69) is 50.5 Å². The van der Waals surface area contributed by atoms with Crippen LogP contribution in [0.1, 0.15) is 96.3 Å². The molecule has 6 nitrogen and oxygen atoms in total. The Morgan fingerprint density at radius 1 is 0.976 bits per heavy atom. The zero-order valence-electron chi connectivity index (χ0n) is 25.8. The van der Waals surface area contributed by atoms with Crippen LogP contribution < -0.4 is 0 Å². The van der Waals surface area contributed by atoms with Gasteiger partial charge in [-0.25, -0.2) is 4.79 Å². The van der Waals surface area contributed by atoms with Crippen LogP contribution >= 0.6 is 15.9 Å². The van der Waals surface area contributed by atoms with Gasteiger partial charge in [0.15, 0.2) is 0 Å². The van der Waals surface area contributed by atoms with Crippen LogP contribution in [0, 0.1) is 35.0 Å². The van der Waals surface area contributed by atoms with E-state index < -0.39 is 0 Å². The molecule has 230 valence electrons. The predicted octanol–water partition coefficient (Wildman–Crippen LogP) is 7.11. The fraction of sp³-hybridized carbons (Fsp3) is 0.800. The number of carbonyl (C=O) groups is 1. The minimum absolute atomic E-state index is 0.0380. The summed E-state index contributed by atoms with van der Waals surface area (Å²) < 4.78 is 33.1. The number of benzene rings is 1. The highest BCUT2D eigenvalue weighted by atomic mass is 79.9. The molecule has 8 rings (SSSR count). The lowest BCUT2D eigenvalue weighted by Gasteiger charge is -2.46. The second kappa shape index (κ2) is 9.51. The van der Waals surface area contributed by atoms with Gasteiger partial charge in [-0.05, 0) is 104 Å². The van der Waals surface area contributed by atoms with E-state index in [1.54, 1.807) is 0 Å². The maximum atomic E-state index is 12.9. The van der Waals surface area contributed by atoms with Crippen molar-refractivity contribution < 1.29 is 28.5 Å². The molecule has 4 aliphatic heterocycles. The average molecular weight is 644 g/mol. The maximum absolute atomic E-state index is 12.9. The third-order valence-corrected chi connectivity index (χ3v) is 13.9. The number of hydrogen-bond acceptors (Lipinski definition) is 6. The summed E-state index contributed by atoms with van der Waals surface area (Å²) in [5.74, 6) is 2.86. The van der Waals surface area contributed by atoms with Gasteiger partial charge >= 0.3 is 5.97 Å². The Morgan fingerprint density at radius 3 is 2.45 bits per heavy atom. The monoisotopic (exact) mass is 642 g/mol. The molecule has 4 heterocycles. The van der Waals surface area contributed by atoms with E-state index in [4.69, 9.17) is 23.7 Å². The summed E-state index contributed by atoms with van der Waals surface area (Å²) >= 11 is 3.44. The van der Waals surface area contributed by atoms with Crippen LogP contribution in [0.4, 0.5) is 0 Å². The summed E-state index contributed by atoms with van der Waals surface area (Å²) in [6, 6.07) is 7.38. The molecule has 7 heteroatoms. The van der Waals surface area contributed by atoms with Gasteiger partial charge in [-0.15, -0.1) is 0 Å². The standard InChI is InChI=1S/C35H47BrO6/c1-19(2)20(3)27-28(40-27)21(4)25-11-12-26-32(25,5)14-6-15-34(26)29(41-34)30-35(42-30)17-24(13-16-33(35)18-38-33)39-31(37)22-7-9-23(36)10-8-22/h7-10,19-21,24-30H,6,11-18H2,1-5H3/t20-,21+,24+,25-,26-,27-,28-,29-,30-,32-,33-,34-,35-/m1/s1. The van der Waals surface area contributed by atoms with Gasteiger partial charge in [-0.2, -0.15) is 0 Å². The molecule has 3 aliphatic carbocycles. The molecule has 0 unspecified atom stereocenters. The van der Waals surface area contributed by atoms with Crippen molar-refractivity contribution >= 4 is 21.9 Å². The summed E-state index contributed by atoms with van der Waals surface area (Å²) in [5, 5.41) is 0. The Kier molecular flexibility index (Phi) is 6.45. The van der Waals surface area contributed by atoms with Crippen LogP contribution in [0.2, 0.25) is 0 Å². The van der Waals surface area contributed by atoms with Crippen LogP contribution in [-0.2, 0) is 23.7 Å². The fourth-order valence-electron chi connectivity index (χ4n) is 10.4. The molecule has 13 atom stereocenters. The molecule has 3 spiro atoms.